The second-order valence-electron chi connectivity index (χ2n) is 7.61. The standard InChI is InChI=1S/C24H33N3O2S/c1-3-29-23-10-8-21(9-11-23)19-27(13-5-12-26-14-16-28-17-15-26)24(30)25-22-7-4-6-20(2)18-22/h4,6-11,18H,3,5,12-17,19H2,1-2H3,(H,25,30). The van der Waals surface area contributed by atoms with Crippen molar-refractivity contribution in [2.45, 2.75) is 26.8 Å². The largest absolute Gasteiger partial charge is 0.494 e. The summed E-state index contributed by atoms with van der Waals surface area (Å²) in [5.41, 5.74) is 3.47. The zero-order valence-electron chi connectivity index (χ0n) is 18.1. The Balaban J connectivity index is 1.62. The number of rotatable bonds is 9. The van der Waals surface area contributed by atoms with E-state index in [9.17, 15) is 0 Å². The molecule has 6 heteroatoms. The number of aryl methyl sites for hydroxylation is 1. The monoisotopic (exact) mass is 427 g/mol. The van der Waals surface area contributed by atoms with Gasteiger partial charge in [0.05, 0.1) is 19.8 Å². The minimum atomic E-state index is 0.678. The second kappa shape index (κ2) is 11.9. The molecule has 2 aromatic rings. The Morgan fingerprint density at radius 3 is 2.63 bits per heavy atom. The van der Waals surface area contributed by atoms with Crippen molar-refractivity contribution in [2.75, 3.05) is 51.3 Å². The summed E-state index contributed by atoms with van der Waals surface area (Å²) in [6.45, 7) is 11.2. The molecule has 1 aliphatic heterocycles. The number of nitrogens with zero attached hydrogens (tertiary/aromatic N) is 2. The summed E-state index contributed by atoms with van der Waals surface area (Å²) in [5, 5.41) is 4.18. The Labute approximate surface area is 186 Å². The lowest BCUT2D eigenvalue weighted by molar-refractivity contribution is 0.0368. The van der Waals surface area contributed by atoms with E-state index in [1.165, 1.54) is 11.1 Å². The van der Waals surface area contributed by atoms with E-state index in [4.69, 9.17) is 21.7 Å². The first-order valence-electron chi connectivity index (χ1n) is 10.8. The molecule has 0 unspecified atom stereocenters. The summed E-state index contributed by atoms with van der Waals surface area (Å²) in [6, 6.07) is 16.6. The predicted molar refractivity (Wildman–Crippen MR) is 127 cm³/mol. The summed E-state index contributed by atoms with van der Waals surface area (Å²) in [5.74, 6) is 0.903. The molecular formula is C24H33N3O2S. The Bertz CT molecular complexity index is 791. The van der Waals surface area contributed by atoms with Gasteiger partial charge in [0.15, 0.2) is 5.11 Å². The van der Waals surface area contributed by atoms with Gasteiger partial charge >= 0.3 is 0 Å². The molecule has 0 saturated carbocycles. The van der Waals surface area contributed by atoms with Crippen LogP contribution in [0.25, 0.3) is 0 Å². The smallest absolute Gasteiger partial charge is 0.173 e. The van der Waals surface area contributed by atoms with Gasteiger partial charge in [-0.15, -0.1) is 0 Å². The van der Waals surface area contributed by atoms with Crippen molar-refractivity contribution in [3.05, 3.63) is 59.7 Å². The maximum atomic E-state index is 5.79. The van der Waals surface area contributed by atoms with Gasteiger partial charge in [-0.2, -0.15) is 0 Å². The number of thiocarbonyl (C=S) groups is 1. The zero-order chi connectivity index (χ0) is 21.2. The number of benzene rings is 2. The summed E-state index contributed by atoms with van der Waals surface area (Å²) < 4.78 is 11.0. The van der Waals surface area contributed by atoms with Crippen molar-refractivity contribution in [3.63, 3.8) is 0 Å². The van der Waals surface area contributed by atoms with E-state index in [1.807, 2.05) is 19.1 Å². The predicted octanol–water partition coefficient (Wildman–Crippen LogP) is 4.32. The SMILES string of the molecule is CCOc1ccc(CN(CCCN2CCOCC2)C(=S)Nc2cccc(C)c2)cc1. The second-order valence-corrected chi connectivity index (χ2v) is 7.99. The topological polar surface area (TPSA) is 37.0 Å². The molecule has 5 nitrogen and oxygen atoms in total. The molecule has 0 amide bonds. The lowest BCUT2D eigenvalue weighted by atomic mass is 10.2. The molecule has 30 heavy (non-hydrogen) atoms. The minimum absolute atomic E-state index is 0.678. The van der Waals surface area contributed by atoms with Gasteiger partial charge in [0.25, 0.3) is 0 Å². The Morgan fingerprint density at radius 2 is 1.93 bits per heavy atom. The summed E-state index contributed by atoms with van der Waals surface area (Å²) in [6.07, 6.45) is 1.06. The van der Waals surface area contributed by atoms with Crippen LogP contribution in [0.15, 0.2) is 48.5 Å². The van der Waals surface area contributed by atoms with Gasteiger partial charge in [0, 0.05) is 38.4 Å². The van der Waals surface area contributed by atoms with E-state index in [-0.39, 0.29) is 0 Å². The van der Waals surface area contributed by atoms with Crippen LogP contribution in [-0.4, -0.2) is 60.9 Å². The molecule has 2 aromatic carbocycles. The fraction of sp³-hybridized carbons (Fsp3) is 0.458. The highest BCUT2D eigenvalue weighted by atomic mass is 32.1. The number of hydrogen-bond donors (Lipinski definition) is 1. The molecule has 0 atom stereocenters. The number of morpholine rings is 1. The van der Waals surface area contributed by atoms with Gasteiger partial charge < -0.3 is 19.7 Å². The number of ether oxygens (including phenoxy) is 2. The lowest BCUT2D eigenvalue weighted by Crippen LogP contribution is -2.40. The van der Waals surface area contributed by atoms with Crippen molar-refractivity contribution < 1.29 is 9.47 Å². The van der Waals surface area contributed by atoms with Crippen LogP contribution >= 0.6 is 12.2 Å². The van der Waals surface area contributed by atoms with E-state index in [2.05, 4.69) is 58.4 Å². The lowest BCUT2D eigenvalue weighted by Gasteiger charge is -2.29. The van der Waals surface area contributed by atoms with Crippen LogP contribution in [0.4, 0.5) is 5.69 Å². The number of anilines is 1. The first-order chi connectivity index (χ1) is 14.6. The van der Waals surface area contributed by atoms with E-state index in [0.717, 1.165) is 68.9 Å². The van der Waals surface area contributed by atoms with Gasteiger partial charge in [-0.1, -0.05) is 24.3 Å². The Morgan fingerprint density at radius 1 is 1.17 bits per heavy atom. The van der Waals surface area contributed by atoms with Crippen molar-refractivity contribution in [1.29, 1.82) is 0 Å². The van der Waals surface area contributed by atoms with Crippen LogP contribution in [0.3, 0.4) is 0 Å². The van der Waals surface area contributed by atoms with Crippen molar-refractivity contribution >= 4 is 23.0 Å². The normalized spacial score (nSPS) is 14.3. The molecule has 1 aliphatic rings. The molecule has 0 spiro atoms. The molecule has 1 N–H and O–H groups in total. The van der Waals surface area contributed by atoms with Crippen LogP contribution in [0, 0.1) is 6.92 Å². The average molecular weight is 428 g/mol. The van der Waals surface area contributed by atoms with E-state index >= 15 is 0 Å². The third kappa shape index (κ3) is 7.27. The summed E-state index contributed by atoms with van der Waals surface area (Å²) >= 11 is 5.79. The van der Waals surface area contributed by atoms with Crippen LogP contribution < -0.4 is 10.1 Å². The minimum Gasteiger partial charge on any atom is -0.494 e. The molecular weight excluding hydrogens is 394 g/mol. The molecule has 162 valence electrons. The molecule has 1 fully saturated rings. The zero-order valence-corrected chi connectivity index (χ0v) is 18.9. The third-order valence-electron chi connectivity index (χ3n) is 5.17. The summed E-state index contributed by atoms with van der Waals surface area (Å²) in [7, 11) is 0. The average Bonchev–Trinajstić information content (AvgIpc) is 2.75. The Kier molecular flexibility index (Phi) is 8.93. The van der Waals surface area contributed by atoms with Crippen LogP contribution in [0.2, 0.25) is 0 Å². The maximum absolute atomic E-state index is 5.79. The molecule has 0 aromatic heterocycles. The Hall–Kier alpha value is -2.15. The molecule has 0 bridgehead atoms. The quantitative estimate of drug-likeness (QED) is 0.601. The van der Waals surface area contributed by atoms with Crippen molar-refractivity contribution in [1.82, 2.24) is 9.80 Å². The first-order valence-corrected chi connectivity index (χ1v) is 11.2. The highest BCUT2D eigenvalue weighted by Gasteiger charge is 2.14. The van der Waals surface area contributed by atoms with E-state index in [1.54, 1.807) is 0 Å². The molecule has 0 radical (unpaired) electrons. The first kappa shape index (κ1) is 22.5. The molecule has 0 aliphatic carbocycles. The van der Waals surface area contributed by atoms with Gasteiger partial charge in [-0.25, -0.2) is 0 Å². The maximum Gasteiger partial charge on any atom is 0.173 e. The number of hydrogen-bond acceptors (Lipinski definition) is 4. The highest BCUT2D eigenvalue weighted by Crippen LogP contribution is 2.16. The van der Waals surface area contributed by atoms with Gasteiger partial charge in [-0.3, -0.25) is 4.90 Å². The van der Waals surface area contributed by atoms with E-state index in [0.29, 0.717) is 6.61 Å². The van der Waals surface area contributed by atoms with Crippen molar-refractivity contribution in [2.24, 2.45) is 0 Å². The van der Waals surface area contributed by atoms with Gasteiger partial charge in [-0.05, 0) is 67.9 Å². The van der Waals surface area contributed by atoms with Crippen LogP contribution in [0.1, 0.15) is 24.5 Å². The van der Waals surface area contributed by atoms with Crippen LogP contribution in [-0.2, 0) is 11.3 Å². The summed E-state index contributed by atoms with van der Waals surface area (Å²) in [4.78, 5) is 4.73. The fourth-order valence-electron chi connectivity index (χ4n) is 3.57. The van der Waals surface area contributed by atoms with Crippen LogP contribution in [0.5, 0.6) is 5.75 Å². The van der Waals surface area contributed by atoms with Crippen molar-refractivity contribution in [3.8, 4) is 5.75 Å². The fourth-order valence-corrected chi connectivity index (χ4v) is 3.84. The number of nitrogens with one attached hydrogen (secondary N) is 1. The van der Waals surface area contributed by atoms with Gasteiger partial charge in [0.2, 0.25) is 0 Å². The molecule has 1 heterocycles. The van der Waals surface area contributed by atoms with Gasteiger partial charge in [0.1, 0.15) is 5.75 Å². The molecule has 3 rings (SSSR count). The third-order valence-corrected chi connectivity index (χ3v) is 5.53. The van der Waals surface area contributed by atoms with E-state index < -0.39 is 0 Å². The molecule has 1 saturated heterocycles. The highest BCUT2D eigenvalue weighted by molar-refractivity contribution is 7.80.